The Labute approximate surface area is 102 Å². The summed E-state index contributed by atoms with van der Waals surface area (Å²) < 4.78 is 0. The van der Waals surface area contributed by atoms with E-state index < -0.39 is 11.4 Å². The van der Waals surface area contributed by atoms with Crippen LogP contribution in [-0.2, 0) is 11.2 Å². The third kappa shape index (κ3) is 2.34. The quantitative estimate of drug-likeness (QED) is 0.838. The molecule has 0 bridgehead atoms. The number of benzene rings is 1. The van der Waals surface area contributed by atoms with Gasteiger partial charge < -0.3 is 10.4 Å². The number of rotatable bonds is 3. The van der Waals surface area contributed by atoms with Crippen molar-refractivity contribution < 1.29 is 9.90 Å². The van der Waals surface area contributed by atoms with Gasteiger partial charge in [0, 0.05) is 6.54 Å². The molecule has 1 unspecified atom stereocenters. The third-order valence-corrected chi connectivity index (χ3v) is 3.73. The first kappa shape index (κ1) is 12.1. The fourth-order valence-electron chi connectivity index (χ4n) is 2.51. The fraction of sp³-hybridized carbons (Fsp3) is 0.500. The largest absolute Gasteiger partial charge is 0.481 e. The SMILES string of the molecule is Cc1ccc(C)c(CC2(C(=O)O)CCNC2)c1. The molecule has 1 fully saturated rings. The second-order valence-electron chi connectivity index (χ2n) is 5.12. The van der Waals surface area contributed by atoms with Gasteiger partial charge in [-0.3, -0.25) is 4.79 Å². The van der Waals surface area contributed by atoms with Crippen LogP contribution in [0.5, 0.6) is 0 Å². The van der Waals surface area contributed by atoms with Crippen LogP contribution >= 0.6 is 0 Å². The molecule has 0 radical (unpaired) electrons. The topological polar surface area (TPSA) is 49.3 Å². The Hall–Kier alpha value is -1.35. The van der Waals surface area contributed by atoms with Crippen molar-refractivity contribution in [2.75, 3.05) is 13.1 Å². The lowest BCUT2D eigenvalue weighted by atomic mass is 9.79. The van der Waals surface area contributed by atoms with E-state index in [2.05, 4.69) is 23.5 Å². The Bertz CT molecular complexity index is 434. The molecule has 0 spiro atoms. The van der Waals surface area contributed by atoms with Crippen molar-refractivity contribution in [1.82, 2.24) is 5.32 Å². The predicted molar refractivity (Wildman–Crippen MR) is 67.2 cm³/mol. The van der Waals surface area contributed by atoms with Gasteiger partial charge >= 0.3 is 5.97 Å². The Morgan fingerprint density at radius 3 is 2.82 bits per heavy atom. The van der Waals surface area contributed by atoms with E-state index in [0.29, 0.717) is 13.0 Å². The van der Waals surface area contributed by atoms with Gasteiger partial charge in [0.25, 0.3) is 0 Å². The molecule has 0 aromatic heterocycles. The molecule has 1 aliphatic heterocycles. The maximum absolute atomic E-state index is 11.5. The Morgan fingerprint density at radius 2 is 2.24 bits per heavy atom. The maximum Gasteiger partial charge on any atom is 0.311 e. The molecule has 2 rings (SSSR count). The molecule has 0 amide bonds. The van der Waals surface area contributed by atoms with Crippen LogP contribution in [0.4, 0.5) is 0 Å². The average molecular weight is 233 g/mol. The van der Waals surface area contributed by atoms with Gasteiger partial charge in [-0.1, -0.05) is 23.8 Å². The summed E-state index contributed by atoms with van der Waals surface area (Å²) in [5.74, 6) is -0.677. The van der Waals surface area contributed by atoms with Gasteiger partial charge in [-0.15, -0.1) is 0 Å². The van der Waals surface area contributed by atoms with Gasteiger partial charge in [0.05, 0.1) is 5.41 Å². The highest BCUT2D eigenvalue weighted by molar-refractivity contribution is 5.76. The number of aryl methyl sites for hydroxylation is 2. The van der Waals surface area contributed by atoms with Crippen molar-refractivity contribution in [3.8, 4) is 0 Å². The summed E-state index contributed by atoms with van der Waals surface area (Å²) in [6.07, 6.45) is 1.35. The normalized spacial score (nSPS) is 23.9. The first-order valence-corrected chi connectivity index (χ1v) is 6.04. The highest BCUT2D eigenvalue weighted by Gasteiger charge is 2.41. The zero-order valence-corrected chi connectivity index (χ0v) is 10.4. The molecular formula is C14H19NO2. The summed E-state index contributed by atoms with van der Waals surface area (Å²) >= 11 is 0. The Kier molecular flexibility index (Phi) is 3.20. The number of hydrogen-bond donors (Lipinski definition) is 2. The van der Waals surface area contributed by atoms with Gasteiger partial charge in [0.2, 0.25) is 0 Å². The van der Waals surface area contributed by atoms with Crippen LogP contribution in [0.25, 0.3) is 0 Å². The minimum Gasteiger partial charge on any atom is -0.481 e. The molecule has 1 aromatic carbocycles. The van der Waals surface area contributed by atoms with Crippen LogP contribution in [0.15, 0.2) is 18.2 Å². The molecule has 3 nitrogen and oxygen atoms in total. The number of nitrogens with one attached hydrogen (secondary N) is 1. The van der Waals surface area contributed by atoms with Crippen LogP contribution in [0.3, 0.4) is 0 Å². The zero-order chi connectivity index (χ0) is 12.5. The van der Waals surface area contributed by atoms with Crippen LogP contribution in [0.2, 0.25) is 0 Å². The average Bonchev–Trinajstić information content (AvgIpc) is 2.73. The fourth-order valence-corrected chi connectivity index (χ4v) is 2.51. The van der Waals surface area contributed by atoms with E-state index in [-0.39, 0.29) is 0 Å². The van der Waals surface area contributed by atoms with Gasteiger partial charge in [-0.25, -0.2) is 0 Å². The molecular weight excluding hydrogens is 214 g/mol. The summed E-state index contributed by atoms with van der Waals surface area (Å²) in [4.78, 5) is 11.5. The second kappa shape index (κ2) is 4.49. The predicted octanol–water partition coefficient (Wildman–Crippen LogP) is 1.91. The maximum atomic E-state index is 11.5. The van der Waals surface area contributed by atoms with Crippen LogP contribution in [0.1, 0.15) is 23.1 Å². The third-order valence-electron chi connectivity index (χ3n) is 3.73. The highest BCUT2D eigenvalue weighted by Crippen LogP contribution is 2.31. The van der Waals surface area contributed by atoms with Crippen molar-refractivity contribution in [3.63, 3.8) is 0 Å². The molecule has 1 atom stereocenters. The monoisotopic (exact) mass is 233 g/mol. The lowest BCUT2D eigenvalue weighted by Gasteiger charge is -2.24. The molecule has 17 heavy (non-hydrogen) atoms. The standard InChI is InChI=1S/C14H19NO2/c1-10-3-4-11(2)12(7-10)8-14(13(16)17)5-6-15-9-14/h3-4,7,15H,5-6,8-9H2,1-2H3,(H,16,17). The van der Waals surface area contributed by atoms with Gasteiger partial charge in [-0.05, 0) is 44.4 Å². The number of hydrogen-bond acceptors (Lipinski definition) is 2. The lowest BCUT2D eigenvalue weighted by Crippen LogP contribution is -2.35. The minimum atomic E-state index is -0.677. The van der Waals surface area contributed by atoms with E-state index in [1.807, 2.05) is 13.8 Å². The molecule has 1 aromatic rings. The van der Waals surface area contributed by atoms with E-state index in [4.69, 9.17) is 0 Å². The summed E-state index contributed by atoms with van der Waals surface area (Å²) in [6.45, 7) is 5.48. The van der Waals surface area contributed by atoms with Crippen molar-refractivity contribution in [1.29, 1.82) is 0 Å². The summed E-state index contributed by atoms with van der Waals surface area (Å²) in [5.41, 5.74) is 2.93. The number of aliphatic carboxylic acids is 1. The first-order valence-electron chi connectivity index (χ1n) is 6.04. The van der Waals surface area contributed by atoms with E-state index in [9.17, 15) is 9.90 Å². The van der Waals surface area contributed by atoms with Crippen molar-refractivity contribution in [2.24, 2.45) is 5.41 Å². The van der Waals surface area contributed by atoms with E-state index in [1.165, 1.54) is 11.1 Å². The van der Waals surface area contributed by atoms with Crippen molar-refractivity contribution in [3.05, 3.63) is 34.9 Å². The Balaban J connectivity index is 2.29. The van der Waals surface area contributed by atoms with Crippen molar-refractivity contribution >= 4 is 5.97 Å². The minimum absolute atomic E-state index is 0.579. The number of carboxylic acids is 1. The zero-order valence-electron chi connectivity index (χ0n) is 10.4. The van der Waals surface area contributed by atoms with E-state index in [1.54, 1.807) is 0 Å². The molecule has 3 heteroatoms. The number of carbonyl (C=O) groups is 1. The van der Waals surface area contributed by atoms with Crippen LogP contribution < -0.4 is 5.32 Å². The molecule has 0 aliphatic carbocycles. The molecule has 0 saturated carbocycles. The lowest BCUT2D eigenvalue weighted by molar-refractivity contribution is -0.147. The molecule has 1 saturated heterocycles. The van der Waals surface area contributed by atoms with Crippen molar-refractivity contribution in [2.45, 2.75) is 26.7 Å². The first-order chi connectivity index (χ1) is 8.03. The Morgan fingerprint density at radius 1 is 1.47 bits per heavy atom. The molecule has 92 valence electrons. The van der Waals surface area contributed by atoms with Gasteiger partial charge in [0.1, 0.15) is 0 Å². The van der Waals surface area contributed by atoms with Gasteiger partial charge in [0.15, 0.2) is 0 Å². The molecule has 1 heterocycles. The van der Waals surface area contributed by atoms with E-state index >= 15 is 0 Å². The van der Waals surface area contributed by atoms with Crippen LogP contribution in [-0.4, -0.2) is 24.2 Å². The summed E-state index contributed by atoms with van der Waals surface area (Å²) in [6, 6.07) is 6.25. The van der Waals surface area contributed by atoms with Crippen LogP contribution in [0, 0.1) is 19.3 Å². The summed E-state index contributed by atoms with van der Waals surface area (Å²) in [5, 5.41) is 12.6. The van der Waals surface area contributed by atoms with E-state index in [0.717, 1.165) is 18.5 Å². The molecule has 1 aliphatic rings. The smallest absolute Gasteiger partial charge is 0.311 e. The van der Waals surface area contributed by atoms with Gasteiger partial charge in [-0.2, -0.15) is 0 Å². The summed E-state index contributed by atoms with van der Waals surface area (Å²) in [7, 11) is 0. The number of carboxylic acid groups (broad SMARTS) is 1. The highest BCUT2D eigenvalue weighted by atomic mass is 16.4. The second-order valence-corrected chi connectivity index (χ2v) is 5.12. The molecule has 2 N–H and O–H groups in total.